The van der Waals surface area contributed by atoms with Crippen molar-refractivity contribution in [1.29, 1.82) is 0 Å². The molecule has 3 heterocycles. The molecular formula is C21H24F3N7O3. The number of aliphatic carboxylic acids is 1. The molecule has 3 N–H and O–H groups in total. The second-order valence-electron chi connectivity index (χ2n) is 7.86. The molecule has 3 aromatic rings. The zero-order chi connectivity index (χ0) is 25.0. The van der Waals surface area contributed by atoms with Crippen LogP contribution in [0.3, 0.4) is 0 Å². The quantitative estimate of drug-likeness (QED) is 0.577. The number of likely N-dealkylation sites (tertiary alicyclic amines) is 1. The number of nitrogens with zero attached hydrogens (tertiary/aromatic N) is 6. The fourth-order valence-electron chi connectivity index (χ4n) is 3.62. The first-order valence-corrected chi connectivity index (χ1v) is 10.2. The zero-order valence-corrected chi connectivity index (χ0v) is 18.5. The summed E-state index contributed by atoms with van der Waals surface area (Å²) in [4.78, 5) is 23.5. The maximum absolute atomic E-state index is 12.8. The van der Waals surface area contributed by atoms with Gasteiger partial charge in [0.2, 0.25) is 5.91 Å². The van der Waals surface area contributed by atoms with Crippen LogP contribution in [0.2, 0.25) is 0 Å². The smallest absolute Gasteiger partial charge is 0.475 e. The molecule has 0 unspecified atom stereocenters. The third kappa shape index (κ3) is 5.78. The lowest BCUT2D eigenvalue weighted by molar-refractivity contribution is -0.192. The summed E-state index contributed by atoms with van der Waals surface area (Å²) in [6.07, 6.45) is -1.08. The van der Waals surface area contributed by atoms with Gasteiger partial charge in [0.05, 0.1) is 12.6 Å². The number of hydrogen-bond acceptors (Lipinski definition) is 6. The maximum Gasteiger partial charge on any atom is 0.490 e. The summed E-state index contributed by atoms with van der Waals surface area (Å²) >= 11 is 0. The Morgan fingerprint density at radius 3 is 2.35 bits per heavy atom. The number of carboxylic acids is 1. The molecular weight excluding hydrogens is 455 g/mol. The Morgan fingerprint density at radius 1 is 1.15 bits per heavy atom. The minimum atomic E-state index is -5.08. The minimum Gasteiger partial charge on any atom is -0.475 e. The number of hydrogen-bond donors (Lipinski definition) is 2. The molecule has 1 amide bonds. The van der Waals surface area contributed by atoms with E-state index in [9.17, 15) is 18.0 Å². The summed E-state index contributed by atoms with van der Waals surface area (Å²) in [6.45, 7) is 1.15. The zero-order valence-electron chi connectivity index (χ0n) is 18.5. The van der Waals surface area contributed by atoms with Crippen molar-refractivity contribution >= 4 is 11.9 Å². The number of benzene rings is 1. The van der Waals surface area contributed by atoms with Gasteiger partial charge in [-0.25, -0.2) is 4.79 Å². The molecule has 13 heteroatoms. The van der Waals surface area contributed by atoms with E-state index in [2.05, 4.69) is 15.3 Å². The summed E-state index contributed by atoms with van der Waals surface area (Å²) < 4.78 is 35.4. The summed E-state index contributed by atoms with van der Waals surface area (Å²) in [5.41, 5.74) is 8.34. The minimum absolute atomic E-state index is 0.0203. The standard InChI is InChI=1S/C19H23N7O.C2HF3O2/c1-24-10-14(9-21-24)15-11-26(12-16(15)20)18(27)8-17-22-23-19(25(17)2)13-6-4-3-5-7-13;3-2(4,5)1(6)7/h3-7,9-10,15-16H,8,11-12,20H2,1-2H3;(H,6,7)/t15-,16+;/m0./s1. The molecule has 1 aliphatic heterocycles. The Balaban J connectivity index is 0.000000406. The van der Waals surface area contributed by atoms with Crippen molar-refractivity contribution in [3.63, 3.8) is 0 Å². The third-order valence-electron chi connectivity index (χ3n) is 5.42. The van der Waals surface area contributed by atoms with Crippen molar-refractivity contribution in [2.75, 3.05) is 13.1 Å². The molecule has 2 aromatic heterocycles. The topological polar surface area (TPSA) is 132 Å². The highest BCUT2D eigenvalue weighted by Crippen LogP contribution is 2.26. The third-order valence-corrected chi connectivity index (χ3v) is 5.42. The van der Waals surface area contributed by atoms with E-state index >= 15 is 0 Å². The summed E-state index contributed by atoms with van der Waals surface area (Å²) in [6, 6.07) is 9.75. The van der Waals surface area contributed by atoms with E-state index in [4.69, 9.17) is 15.6 Å². The molecule has 0 bridgehead atoms. The van der Waals surface area contributed by atoms with Crippen LogP contribution in [0.1, 0.15) is 17.3 Å². The Labute approximate surface area is 192 Å². The number of aromatic nitrogens is 5. The van der Waals surface area contributed by atoms with Gasteiger partial charge in [0.25, 0.3) is 0 Å². The second-order valence-corrected chi connectivity index (χ2v) is 7.86. The van der Waals surface area contributed by atoms with Gasteiger partial charge < -0.3 is 20.3 Å². The average molecular weight is 479 g/mol. The van der Waals surface area contributed by atoms with Crippen molar-refractivity contribution < 1.29 is 27.9 Å². The Bertz CT molecular complexity index is 1140. The largest absolute Gasteiger partial charge is 0.490 e. The second kappa shape index (κ2) is 10.0. The number of rotatable bonds is 4. The van der Waals surface area contributed by atoms with Crippen LogP contribution in [0.4, 0.5) is 13.2 Å². The van der Waals surface area contributed by atoms with Gasteiger partial charge in [0.15, 0.2) is 5.82 Å². The van der Waals surface area contributed by atoms with Crippen LogP contribution >= 0.6 is 0 Å². The lowest BCUT2D eigenvalue weighted by Crippen LogP contribution is -2.33. The SMILES string of the molecule is Cn1cc([C@@H]2CN(C(=O)Cc3nnc(-c4ccccc4)n3C)C[C@H]2N)cn1.O=C(O)C(F)(F)F. The van der Waals surface area contributed by atoms with E-state index in [0.717, 1.165) is 17.0 Å². The van der Waals surface area contributed by atoms with Crippen molar-refractivity contribution in [1.82, 2.24) is 29.4 Å². The lowest BCUT2D eigenvalue weighted by atomic mass is 9.98. The fourth-order valence-corrected chi connectivity index (χ4v) is 3.62. The number of carbonyl (C=O) groups is 2. The van der Waals surface area contributed by atoms with Gasteiger partial charge in [-0.1, -0.05) is 30.3 Å². The molecule has 1 fully saturated rings. The highest BCUT2D eigenvalue weighted by Gasteiger charge is 2.38. The van der Waals surface area contributed by atoms with Gasteiger partial charge in [-0.2, -0.15) is 18.3 Å². The van der Waals surface area contributed by atoms with Crippen LogP contribution in [0.15, 0.2) is 42.7 Å². The monoisotopic (exact) mass is 479 g/mol. The molecule has 2 atom stereocenters. The summed E-state index contributed by atoms with van der Waals surface area (Å²) in [7, 11) is 3.77. The molecule has 4 rings (SSSR count). The van der Waals surface area contributed by atoms with Crippen molar-refractivity contribution in [3.05, 3.63) is 54.1 Å². The van der Waals surface area contributed by atoms with Crippen LogP contribution in [0, 0.1) is 0 Å². The molecule has 34 heavy (non-hydrogen) atoms. The first-order chi connectivity index (χ1) is 16.0. The molecule has 1 saturated heterocycles. The van der Waals surface area contributed by atoms with Crippen molar-refractivity contribution in [2.45, 2.75) is 24.6 Å². The van der Waals surface area contributed by atoms with Crippen LogP contribution < -0.4 is 5.73 Å². The van der Waals surface area contributed by atoms with Gasteiger partial charge >= 0.3 is 12.1 Å². The van der Waals surface area contributed by atoms with E-state index in [1.807, 2.05) is 66.3 Å². The molecule has 0 saturated carbocycles. The number of amides is 1. The van der Waals surface area contributed by atoms with E-state index < -0.39 is 12.1 Å². The van der Waals surface area contributed by atoms with Gasteiger partial charge in [0, 0.05) is 50.9 Å². The van der Waals surface area contributed by atoms with Crippen LogP contribution in [0.5, 0.6) is 0 Å². The molecule has 0 spiro atoms. The lowest BCUT2D eigenvalue weighted by Gasteiger charge is -2.15. The van der Waals surface area contributed by atoms with Gasteiger partial charge in [0.1, 0.15) is 5.82 Å². The Kier molecular flexibility index (Phi) is 7.35. The van der Waals surface area contributed by atoms with E-state index in [-0.39, 0.29) is 24.3 Å². The normalized spacial score (nSPS) is 17.9. The first-order valence-electron chi connectivity index (χ1n) is 10.2. The number of carboxylic acid groups (broad SMARTS) is 1. The fraction of sp³-hybridized carbons (Fsp3) is 0.381. The summed E-state index contributed by atoms with van der Waals surface area (Å²) in [5.74, 6) is -1.22. The highest BCUT2D eigenvalue weighted by molar-refractivity contribution is 5.78. The van der Waals surface area contributed by atoms with E-state index in [1.165, 1.54) is 0 Å². The van der Waals surface area contributed by atoms with Gasteiger partial charge in [-0.3, -0.25) is 9.48 Å². The van der Waals surface area contributed by atoms with Crippen molar-refractivity contribution in [2.24, 2.45) is 19.8 Å². The molecule has 0 radical (unpaired) electrons. The van der Waals surface area contributed by atoms with E-state index in [0.29, 0.717) is 18.9 Å². The highest BCUT2D eigenvalue weighted by atomic mass is 19.4. The van der Waals surface area contributed by atoms with Crippen LogP contribution in [-0.2, 0) is 30.1 Å². The van der Waals surface area contributed by atoms with Crippen LogP contribution in [-0.4, -0.2) is 71.7 Å². The number of halogens is 3. The van der Waals surface area contributed by atoms with Crippen LogP contribution in [0.25, 0.3) is 11.4 Å². The molecule has 1 aliphatic rings. The van der Waals surface area contributed by atoms with Gasteiger partial charge in [-0.15, -0.1) is 10.2 Å². The first kappa shape index (κ1) is 24.9. The molecule has 1 aromatic carbocycles. The number of nitrogens with two attached hydrogens (primary N) is 1. The maximum atomic E-state index is 12.8. The number of aryl methyl sites for hydroxylation is 1. The Hall–Kier alpha value is -3.74. The molecule has 0 aliphatic carbocycles. The predicted octanol–water partition coefficient (Wildman–Crippen LogP) is 1.34. The molecule has 10 nitrogen and oxygen atoms in total. The molecule has 182 valence electrons. The Morgan fingerprint density at radius 2 is 1.79 bits per heavy atom. The van der Waals surface area contributed by atoms with Gasteiger partial charge in [-0.05, 0) is 5.56 Å². The number of carbonyl (C=O) groups excluding carboxylic acids is 1. The van der Waals surface area contributed by atoms with E-state index in [1.54, 1.807) is 4.68 Å². The summed E-state index contributed by atoms with van der Waals surface area (Å²) in [5, 5.41) is 19.8. The number of alkyl halides is 3. The average Bonchev–Trinajstić information content (AvgIpc) is 3.47. The van der Waals surface area contributed by atoms with Crippen molar-refractivity contribution in [3.8, 4) is 11.4 Å². The predicted molar refractivity (Wildman–Crippen MR) is 114 cm³/mol.